The van der Waals surface area contributed by atoms with Crippen LogP contribution in [-0.2, 0) is 11.2 Å². The third kappa shape index (κ3) is 2.62. The molecule has 5 nitrogen and oxygen atoms in total. The van der Waals surface area contributed by atoms with Crippen molar-refractivity contribution in [3.8, 4) is 0 Å². The van der Waals surface area contributed by atoms with E-state index in [2.05, 4.69) is 4.98 Å². The van der Waals surface area contributed by atoms with Crippen LogP contribution in [-0.4, -0.2) is 16.2 Å². The lowest BCUT2D eigenvalue weighted by atomic mass is 10.2. The third-order valence-electron chi connectivity index (χ3n) is 1.55. The standard InChI is InChI=1S/C8H8N2O3/c11-5-1-2-7-3-4-8(9-6-7)10(12)13/h3-6H,1-2H2. The van der Waals surface area contributed by atoms with Crippen molar-refractivity contribution in [1.82, 2.24) is 4.98 Å². The maximum atomic E-state index is 10.2. The Balaban J connectivity index is 2.69. The van der Waals surface area contributed by atoms with E-state index in [1.165, 1.54) is 12.3 Å². The van der Waals surface area contributed by atoms with Crippen molar-refractivity contribution in [2.45, 2.75) is 12.8 Å². The molecule has 0 N–H and O–H groups in total. The van der Waals surface area contributed by atoms with E-state index in [0.717, 1.165) is 11.8 Å². The minimum absolute atomic E-state index is 0.171. The van der Waals surface area contributed by atoms with E-state index in [4.69, 9.17) is 0 Å². The smallest absolute Gasteiger partial charge is 0.358 e. The summed E-state index contributed by atoms with van der Waals surface area (Å²) in [5, 5.41) is 10.2. The molecule has 5 heteroatoms. The Hall–Kier alpha value is -1.78. The number of aldehydes is 1. The third-order valence-corrected chi connectivity index (χ3v) is 1.55. The van der Waals surface area contributed by atoms with Gasteiger partial charge in [0.15, 0.2) is 0 Å². The Bertz CT molecular complexity index is 308. The van der Waals surface area contributed by atoms with Crippen LogP contribution >= 0.6 is 0 Å². The SMILES string of the molecule is O=CCCc1ccc([N+](=O)[O-])nc1. The van der Waals surface area contributed by atoms with Crippen molar-refractivity contribution < 1.29 is 9.72 Å². The summed E-state index contributed by atoms with van der Waals surface area (Å²) in [6.07, 6.45) is 3.22. The van der Waals surface area contributed by atoms with Crippen LogP contribution < -0.4 is 0 Å². The van der Waals surface area contributed by atoms with Gasteiger partial charge in [-0.2, -0.15) is 0 Å². The molecule has 0 aliphatic heterocycles. The zero-order chi connectivity index (χ0) is 9.68. The van der Waals surface area contributed by atoms with E-state index in [9.17, 15) is 14.9 Å². The molecular formula is C8H8N2O3. The molecule has 13 heavy (non-hydrogen) atoms. The molecular weight excluding hydrogens is 172 g/mol. The quantitative estimate of drug-likeness (QED) is 0.395. The molecule has 0 fully saturated rings. The highest BCUT2D eigenvalue weighted by Crippen LogP contribution is 2.08. The maximum Gasteiger partial charge on any atom is 0.363 e. The lowest BCUT2D eigenvalue weighted by molar-refractivity contribution is -0.389. The fraction of sp³-hybridized carbons (Fsp3) is 0.250. The van der Waals surface area contributed by atoms with E-state index in [1.54, 1.807) is 6.07 Å². The van der Waals surface area contributed by atoms with Gasteiger partial charge in [-0.05, 0) is 28.0 Å². The Morgan fingerprint density at radius 2 is 2.31 bits per heavy atom. The number of hydrogen-bond acceptors (Lipinski definition) is 4. The summed E-state index contributed by atoms with van der Waals surface area (Å²) in [7, 11) is 0. The molecule has 1 heterocycles. The molecule has 1 aromatic rings. The van der Waals surface area contributed by atoms with Crippen molar-refractivity contribution in [2.75, 3.05) is 0 Å². The van der Waals surface area contributed by atoms with Crippen LogP contribution in [0.3, 0.4) is 0 Å². The summed E-state index contributed by atoms with van der Waals surface area (Å²) in [5.74, 6) is -0.171. The number of nitrogens with zero attached hydrogens (tertiary/aromatic N) is 2. The molecule has 0 amide bonds. The predicted molar refractivity (Wildman–Crippen MR) is 45.3 cm³/mol. The molecule has 68 valence electrons. The largest absolute Gasteiger partial charge is 0.363 e. The van der Waals surface area contributed by atoms with Crippen molar-refractivity contribution in [3.63, 3.8) is 0 Å². The zero-order valence-corrected chi connectivity index (χ0v) is 6.84. The molecule has 0 aliphatic carbocycles. The number of aromatic nitrogens is 1. The number of rotatable bonds is 4. The fourth-order valence-electron chi connectivity index (χ4n) is 0.898. The first kappa shape index (κ1) is 9.31. The molecule has 0 saturated heterocycles. The molecule has 0 spiro atoms. The van der Waals surface area contributed by atoms with E-state index >= 15 is 0 Å². The van der Waals surface area contributed by atoms with Gasteiger partial charge in [0, 0.05) is 12.5 Å². The van der Waals surface area contributed by atoms with E-state index in [-0.39, 0.29) is 5.82 Å². The lowest BCUT2D eigenvalue weighted by Gasteiger charge is -1.94. The van der Waals surface area contributed by atoms with E-state index in [0.29, 0.717) is 12.8 Å². The molecule has 0 aromatic carbocycles. The highest BCUT2D eigenvalue weighted by atomic mass is 16.6. The molecule has 0 saturated carbocycles. The van der Waals surface area contributed by atoms with E-state index in [1.807, 2.05) is 0 Å². The molecule has 0 aliphatic rings. The first-order valence-corrected chi connectivity index (χ1v) is 3.77. The number of nitro groups is 1. The van der Waals surface area contributed by atoms with Gasteiger partial charge in [0.1, 0.15) is 12.5 Å². The van der Waals surface area contributed by atoms with E-state index < -0.39 is 4.92 Å². The topological polar surface area (TPSA) is 73.1 Å². The number of pyridine rings is 1. The summed E-state index contributed by atoms with van der Waals surface area (Å²) in [4.78, 5) is 23.3. The second kappa shape index (κ2) is 4.30. The highest BCUT2D eigenvalue weighted by molar-refractivity contribution is 5.50. The average Bonchev–Trinajstić information content (AvgIpc) is 2.15. The Morgan fingerprint density at radius 1 is 1.54 bits per heavy atom. The van der Waals surface area contributed by atoms with Crippen molar-refractivity contribution in [2.24, 2.45) is 0 Å². The molecule has 0 bridgehead atoms. The summed E-state index contributed by atoms with van der Waals surface area (Å²) in [6.45, 7) is 0. The predicted octanol–water partition coefficient (Wildman–Crippen LogP) is 1.12. The Labute approximate surface area is 74.6 Å². The zero-order valence-electron chi connectivity index (χ0n) is 6.84. The fourth-order valence-corrected chi connectivity index (χ4v) is 0.898. The number of aryl methyl sites for hydroxylation is 1. The second-order valence-corrected chi connectivity index (χ2v) is 2.49. The van der Waals surface area contributed by atoms with Gasteiger partial charge in [-0.3, -0.25) is 0 Å². The molecule has 0 unspecified atom stereocenters. The number of carbonyl (C=O) groups is 1. The maximum absolute atomic E-state index is 10.2. The van der Waals surface area contributed by atoms with Gasteiger partial charge in [-0.15, -0.1) is 0 Å². The Morgan fingerprint density at radius 3 is 2.77 bits per heavy atom. The molecule has 0 atom stereocenters. The minimum atomic E-state index is -0.552. The van der Waals surface area contributed by atoms with Gasteiger partial charge >= 0.3 is 5.82 Å². The van der Waals surface area contributed by atoms with Crippen LogP contribution in [0, 0.1) is 10.1 Å². The van der Waals surface area contributed by atoms with Crippen LogP contribution in [0.2, 0.25) is 0 Å². The van der Waals surface area contributed by atoms with Crippen LogP contribution in [0.4, 0.5) is 5.82 Å². The van der Waals surface area contributed by atoms with Crippen molar-refractivity contribution >= 4 is 12.1 Å². The Kier molecular flexibility index (Phi) is 3.08. The summed E-state index contributed by atoms with van der Waals surface area (Å²) in [6, 6.07) is 2.94. The molecule has 0 radical (unpaired) electrons. The van der Waals surface area contributed by atoms with Gasteiger partial charge in [0.25, 0.3) is 0 Å². The second-order valence-electron chi connectivity index (χ2n) is 2.49. The normalized spacial score (nSPS) is 9.54. The van der Waals surface area contributed by atoms with Gasteiger partial charge in [-0.1, -0.05) is 0 Å². The monoisotopic (exact) mass is 180 g/mol. The van der Waals surface area contributed by atoms with Crippen LogP contribution in [0.1, 0.15) is 12.0 Å². The number of hydrogen-bond donors (Lipinski definition) is 0. The highest BCUT2D eigenvalue weighted by Gasteiger charge is 2.05. The van der Waals surface area contributed by atoms with Crippen molar-refractivity contribution in [3.05, 3.63) is 34.0 Å². The van der Waals surface area contributed by atoms with Crippen LogP contribution in [0.5, 0.6) is 0 Å². The van der Waals surface area contributed by atoms with Gasteiger partial charge in [0.05, 0.1) is 0 Å². The first-order chi connectivity index (χ1) is 6.24. The lowest BCUT2D eigenvalue weighted by Crippen LogP contribution is -1.93. The molecule has 1 rings (SSSR count). The summed E-state index contributed by atoms with van der Waals surface area (Å²) < 4.78 is 0. The van der Waals surface area contributed by atoms with Crippen LogP contribution in [0.15, 0.2) is 18.3 Å². The van der Waals surface area contributed by atoms with Crippen LogP contribution in [0.25, 0.3) is 0 Å². The summed E-state index contributed by atoms with van der Waals surface area (Å²) >= 11 is 0. The average molecular weight is 180 g/mol. The van der Waals surface area contributed by atoms with Crippen molar-refractivity contribution in [1.29, 1.82) is 0 Å². The molecule has 1 aromatic heterocycles. The van der Waals surface area contributed by atoms with Gasteiger partial charge in [-0.25, -0.2) is 0 Å². The van der Waals surface area contributed by atoms with Gasteiger partial charge < -0.3 is 14.9 Å². The number of carbonyl (C=O) groups excluding carboxylic acids is 1. The van der Waals surface area contributed by atoms with Gasteiger partial charge in [0.2, 0.25) is 0 Å². The summed E-state index contributed by atoms with van der Waals surface area (Å²) in [5.41, 5.74) is 0.831. The first-order valence-electron chi connectivity index (χ1n) is 3.77. The minimum Gasteiger partial charge on any atom is -0.358 e.